The Morgan fingerprint density at radius 1 is 1.20 bits per heavy atom. The van der Waals surface area contributed by atoms with Gasteiger partial charge in [0.05, 0.1) is 23.8 Å². The van der Waals surface area contributed by atoms with Gasteiger partial charge < -0.3 is 10.1 Å². The first kappa shape index (κ1) is 14.9. The summed E-state index contributed by atoms with van der Waals surface area (Å²) in [4.78, 5) is 4.54. The molecule has 1 N–H and O–H groups in total. The fourth-order valence-electron chi connectivity index (χ4n) is 2.14. The molecule has 0 fully saturated rings. The fourth-order valence-corrected chi connectivity index (χ4v) is 2.14. The number of hydrogen-bond acceptors (Lipinski definition) is 3. The number of likely N-dealkylation sites (N-methyl/N-ethyl adjacent to an activating group) is 1. The molecule has 2 rings (SSSR count). The van der Waals surface area contributed by atoms with Crippen molar-refractivity contribution in [2.24, 2.45) is 0 Å². The van der Waals surface area contributed by atoms with Crippen LogP contribution in [0.25, 0.3) is 10.9 Å². The molecule has 3 nitrogen and oxygen atoms in total. The average Bonchev–Trinajstić information content (AvgIpc) is 2.38. The average molecular weight is 272 g/mol. The maximum atomic E-state index is 5.89. The standard InChI is InChI=1S/C17H24N2O/c1-12-6-7-13-10-14(8-9-15(13)19-12)16(18-5)11-20-17(2,3)4/h6-10,16,18H,11H2,1-5H3. The first-order valence-electron chi connectivity index (χ1n) is 7.07. The number of hydrogen-bond donors (Lipinski definition) is 1. The second-order valence-corrected chi connectivity index (χ2v) is 6.17. The maximum Gasteiger partial charge on any atom is 0.0705 e. The molecule has 0 aliphatic rings. The van der Waals surface area contributed by atoms with Crippen LogP contribution in [0.5, 0.6) is 0 Å². The molecule has 0 saturated carbocycles. The van der Waals surface area contributed by atoms with Gasteiger partial charge in [0.25, 0.3) is 0 Å². The van der Waals surface area contributed by atoms with Crippen LogP contribution in [0, 0.1) is 6.92 Å². The summed E-state index contributed by atoms with van der Waals surface area (Å²) < 4.78 is 5.89. The minimum absolute atomic E-state index is 0.120. The van der Waals surface area contributed by atoms with E-state index in [2.05, 4.69) is 55.3 Å². The summed E-state index contributed by atoms with van der Waals surface area (Å²) in [6.45, 7) is 8.90. The second kappa shape index (κ2) is 5.90. The molecular weight excluding hydrogens is 248 g/mol. The number of nitrogens with zero attached hydrogens (tertiary/aromatic N) is 1. The van der Waals surface area contributed by atoms with Crippen molar-refractivity contribution < 1.29 is 4.74 Å². The van der Waals surface area contributed by atoms with Gasteiger partial charge in [-0.2, -0.15) is 0 Å². The molecule has 1 heterocycles. The van der Waals surface area contributed by atoms with Gasteiger partial charge >= 0.3 is 0 Å². The van der Waals surface area contributed by atoms with Crippen molar-refractivity contribution in [1.82, 2.24) is 10.3 Å². The van der Waals surface area contributed by atoms with Gasteiger partial charge in [0, 0.05) is 11.1 Å². The quantitative estimate of drug-likeness (QED) is 0.923. The van der Waals surface area contributed by atoms with Crippen LogP contribution in [0.3, 0.4) is 0 Å². The van der Waals surface area contributed by atoms with Crippen LogP contribution in [0.4, 0.5) is 0 Å². The van der Waals surface area contributed by atoms with E-state index in [0.717, 1.165) is 11.2 Å². The van der Waals surface area contributed by atoms with E-state index in [0.29, 0.717) is 6.61 Å². The second-order valence-electron chi connectivity index (χ2n) is 6.17. The summed E-state index contributed by atoms with van der Waals surface area (Å²) in [7, 11) is 1.97. The molecule has 0 radical (unpaired) electrons. The predicted molar refractivity (Wildman–Crippen MR) is 84.0 cm³/mol. The summed E-state index contributed by atoms with van der Waals surface area (Å²) in [5.41, 5.74) is 3.20. The van der Waals surface area contributed by atoms with Crippen molar-refractivity contribution in [2.45, 2.75) is 39.3 Å². The zero-order chi connectivity index (χ0) is 14.8. The van der Waals surface area contributed by atoms with Crippen LogP contribution in [0.1, 0.15) is 38.1 Å². The molecule has 0 amide bonds. The van der Waals surface area contributed by atoms with E-state index in [4.69, 9.17) is 4.74 Å². The molecule has 0 saturated heterocycles. The number of fused-ring (bicyclic) bond motifs is 1. The normalized spacial score (nSPS) is 13.7. The smallest absolute Gasteiger partial charge is 0.0705 e. The number of nitrogens with one attached hydrogen (secondary N) is 1. The molecule has 0 spiro atoms. The highest BCUT2D eigenvalue weighted by Gasteiger charge is 2.16. The molecule has 0 bridgehead atoms. The van der Waals surface area contributed by atoms with Crippen molar-refractivity contribution in [3.8, 4) is 0 Å². The summed E-state index contributed by atoms with van der Waals surface area (Å²) >= 11 is 0. The monoisotopic (exact) mass is 272 g/mol. The van der Waals surface area contributed by atoms with Crippen LogP contribution in [-0.4, -0.2) is 24.2 Å². The summed E-state index contributed by atoms with van der Waals surface area (Å²) in [6, 6.07) is 10.8. The number of aromatic nitrogens is 1. The van der Waals surface area contributed by atoms with E-state index in [1.807, 2.05) is 20.0 Å². The van der Waals surface area contributed by atoms with Crippen LogP contribution in [0.2, 0.25) is 0 Å². The molecule has 108 valence electrons. The van der Waals surface area contributed by atoms with Gasteiger partial charge in [-0.15, -0.1) is 0 Å². The minimum Gasteiger partial charge on any atom is -0.374 e. The highest BCUT2D eigenvalue weighted by Crippen LogP contribution is 2.21. The zero-order valence-electron chi connectivity index (χ0n) is 13.0. The highest BCUT2D eigenvalue weighted by atomic mass is 16.5. The lowest BCUT2D eigenvalue weighted by atomic mass is 10.0. The first-order valence-corrected chi connectivity index (χ1v) is 7.07. The van der Waals surface area contributed by atoms with E-state index in [9.17, 15) is 0 Å². The molecule has 20 heavy (non-hydrogen) atoms. The predicted octanol–water partition coefficient (Wildman–Crippen LogP) is 3.62. The van der Waals surface area contributed by atoms with Gasteiger partial charge in [0.1, 0.15) is 0 Å². The van der Waals surface area contributed by atoms with Gasteiger partial charge in [-0.3, -0.25) is 4.98 Å². The van der Waals surface area contributed by atoms with Crippen LogP contribution >= 0.6 is 0 Å². The first-order chi connectivity index (χ1) is 9.39. The zero-order valence-corrected chi connectivity index (χ0v) is 13.0. The molecular formula is C17H24N2O. The van der Waals surface area contributed by atoms with Crippen molar-refractivity contribution in [3.63, 3.8) is 0 Å². The van der Waals surface area contributed by atoms with Crippen LogP contribution < -0.4 is 5.32 Å². The lowest BCUT2D eigenvalue weighted by Gasteiger charge is -2.24. The van der Waals surface area contributed by atoms with Crippen molar-refractivity contribution in [1.29, 1.82) is 0 Å². The Hall–Kier alpha value is -1.45. The Balaban J connectivity index is 2.23. The Kier molecular flexibility index (Phi) is 4.41. The van der Waals surface area contributed by atoms with Crippen molar-refractivity contribution >= 4 is 10.9 Å². The lowest BCUT2D eigenvalue weighted by molar-refractivity contribution is -0.0139. The molecule has 3 heteroatoms. The number of ether oxygens (including phenoxy) is 1. The molecule has 1 atom stereocenters. The number of pyridine rings is 1. The molecule has 1 unspecified atom stereocenters. The summed E-state index contributed by atoms with van der Waals surface area (Å²) in [6.07, 6.45) is 0. The van der Waals surface area contributed by atoms with E-state index in [-0.39, 0.29) is 11.6 Å². The fraction of sp³-hybridized carbons (Fsp3) is 0.471. The largest absolute Gasteiger partial charge is 0.374 e. The molecule has 0 aliphatic heterocycles. The third kappa shape index (κ3) is 3.78. The SMILES string of the molecule is CNC(COC(C)(C)C)c1ccc2nc(C)ccc2c1. The summed E-state index contributed by atoms with van der Waals surface area (Å²) in [5.74, 6) is 0. The number of benzene rings is 1. The van der Waals surface area contributed by atoms with Gasteiger partial charge in [-0.05, 0) is 58.5 Å². The van der Waals surface area contributed by atoms with Gasteiger partial charge in [-0.25, -0.2) is 0 Å². The minimum atomic E-state index is -0.120. The van der Waals surface area contributed by atoms with E-state index >= 15 is 0 Å². The van der Waals surface area contributed by atoms with Gasteiger partial charge in [-0.1, -0.05) is 12.1 Å². The van der Waals surface area contributed by atoms with E-state index < -0.39 is 0 Å². The molecule has 1 aromatic carbocycles. The van der Waals surface area contributed by atoms with Gasteiger partial charge in [0.2, 0.25) is 0 Å². The van der Waals surface area contributed by atoms with Crippen LogP contribution in [0.15, 0.2) is 30.3 Å². The number of aryl methyl sites for hydroxylation is 1. The number of rotatable bonds is 4. The van der Waals surface area contributed by atoms with Crippen LogP contribution in [-0.2, 0) is 4.74 Å². The van der Waals surface area contributed by atoms with Crippen molar-refractivity contribution in [3.05, 3.63) is 41.6 Å². The van der Waals surface area contributed by atoms with Crippen molar-refractivity contribution in [2.75, 3.05) is 13.7 Å². The molecule has 2 aromatic rings. The van der Waals surface area contributed by atoms with E-state index in [1.54, 1.807) is 0 Å². The summed E-state index contributed by atoms with van der Waals surface area (Å²) in [5, 5.41) is 4.49. The molecule has 1 aromatic heterocycles. The Morgan fingerprint density at radius 2 is 1.95 bits per heavy atom. The highest BCUT2D eigenvalue weighted by molar-refractivity contribution is 5.79. The Morgan fingerprint density at radius 3 is 2.60 bits per heavy atom. The van der Waals surface area contributed by atoms with E-state index in [1.165, 1.54) is 10.9 Å². The van der Waals surface area contributed by atoms with Gasteiger partial charge in [0.15, 0.2) is 0 Å². The Bertz CT molecular complexity index is 587. The third-order valence-electron chi connectivity index (χ3n) is 3.29. The Labute approximate surface area is 121 Å². The third-order valence-corrected chi connectivity index (χ3v) is 3.29. The molecule has 0 aliphatic carbocycles. The topological polar surface area (TPSA) is 34.1 Å². The maximum absolute atomic E-state index is 5.89. The lowest BCUT2D eigenvalue weighted by Crippen LogP contribution is -2.28.